The van der Waals surface area contributed by atoms with Crippen LogP contribution < -0.4 is 10.6 Å². The third-order valence-corrected chi connectivity index (χ3v) is 5.06. The first-order chi connectivity index (χ1) is 14.0. The third kappa shape index (κ3) is 6.14. The van der Waals surface area contributed by atoms with Gasteiger partial charge < -0.3 is 15.4 Å². The lowest BCUT2D eigenvalue weighted by Crippen LogP contribution is -2.45. The second-order valence-electron chi connectivity index (χ2n) is 7.44. The number of nitrogens with zero attached hydrogens (tertiary/aromatic N) is 1. The van der Waals surface area contributed by atoms with Gasteiger partial charge in [0, 0.05) is 25.2 Å². The maximum Gasteiger partial charge on any atom is 0.251 e. The highest BCUT2D eigenvalue weighted by atomic mass is 16.5. The summed E-state index contributed by atoms with van der Waals surface area (Å²) in [5.41, 5.74) is 3.78. The number of morpholine rings is 1. The van der Waals surface area contributed by atoms with Crippen molar-refractivity contribution in [3.05, 3.63) is 70.8 Å². The Balaban J connectivity index is 1.55. The van der Waals surface area contributed by atoms with E-state index < -0.39 is 0 Å². The highest BCUT2D eigenvalue weighted by Gasteiger charge is 2.23. The highest BCUT2D eigenvalue weighted by Crippen LogP contribution is 2.21. The molecule has 0 radical (unpaired) electrons. The minimum Gasteiger partial charge on any atom is -0.379 e. The summed E-state index contributed by atoms with van der Waals surface area (Å²) in [6.45, 7) is 7.40. The smallest absolute Gasteiger partial charge is 0.251 e. The van der Waals surface area contributed by atoms with Crippen molar-refractivity contribution in [2.75, 3.05) is 39.4 Å². The Hall–Kier alpha value is -2.70. The number of nitrogens with one attached hydrogen (secondary N) is 2. The number of aryl methyl sites for hydroxylation is 2. The van der Waals surface area contributed by atoms with E-state index >= 15 is 0 Å². The summed E-state index contributed by atoms with van der Waals surface area (Å²) in [5.74, 6) is -0.434. The lowest BCUT2D eigenvalue weighted by molar-refractivity contribution is -0.120. The van der Waals surface area contributed by atoms with E-state index in [2.05, 4.69) is 27.7 Å². The molecule has 1 fully saturated rings. The predicted molar refractivity (Wildman–Crippen MR) is 113 cm³/mol. The number of carbonyl (C=O) groups is 2. The molecule has 0 bridgehead atoms. The molecule has 6 heteroatoms. The molecule has 3 rings (SSSR count). The topological polar surface area (TPSA) is 70.7 Å². The Labute approximate surface area is 172 Å². The lowest BCUT2D eigenvalue weighted by atomic mass is 10.0. The molecule has 2 N–H and O–H groups in total. The second-order valence-corrected chi connectivity index (χ2v) is 7.44. The Kier molecular flexibility index (Phi) is 7.38. The fourth-order valence-electron chi connectivity index (χ4n) is 3.66. The fourth-order valence-corrected chi connectivity index (χ4v) is 3.66. The molecule has 0 spiro atoms. The molecule has 154 valence electrons. The molecule has 29 heavy (non-hydrogen) atoms. The van der Waals surface area contributed by atoms with Crippen molar-refractivity contribution in [1.29, 1.82) is 0 Å². The molecule has 0 aliphatic carbocycles. The van der Waals surface area contributed by atoms with Crippen LogP contribution in [0.2, 0.25) is 0 Å². The molecule has 6 nitrogen and oxygen atoms in total. The molecule has 1 atom stereocenters. The molecule has 1 heterocycles. The zero-order valence-corrected chi connectivity index (χ0v) is 17.1. The minimum atomic E-state index is -0.236. The number of ether oxygens (including phenoxy) is 1. The summed E-state index contributed by atoms with van der Waals surface area (Å²) in [6, 6.07) is 15.9. The van der Waals surface area contributed by atoms with Gasteiger partial charge in [-0.2, -0.15) is 0 Å². The van der Waals surface area contributed by atoms with Crippen molar-refractivity contribution >= 4 is 11.8 Å². The summed E-state index contributed by atoms with van der Waals surface area (Å²) < 4.78 is 5.46. The van der Waals surface area contributed by atoms with Crippen LogP contribution in [0.15, 0.2) is 48.5 Å². The lowest BCUT2D eigenvalue weighted by Gasteiger charge is -2.35. The van der Waals surface area contributed by atoms with Crippen molar-refractivity contribution < 1.29 is 14.3 Å². The Bertz CT molecular complexity index is 812. The van der Waals surface area contributed by atoms with E-state index in [4.69, 9.17) is 4.74 Å². The zero-order chi connectivity index (χ0) is 20.6. The molecule has 1 saturated heterocycles. The van der Waals surface area contributed by atoms with Gasteiger partial charge in [0.1, 0.15) is 0 Å². The van der Waals surface area contributed by atoms with Gasteiger partial charge in [-0.05, 0) is 31.5 Å². The quantitative estimate of drug-likeness (QED) is 0.754. The summed E-state index contributed by atoms with van der Waals surface area (Å²) in [4.78, 5) is 27.0. The second kappa shape index (κ2) is 10.2. The Morgan fingerprint density at radius 3 is 2.31 bits per heavy atom. The van der Waals surface area contributed by atoms with E-state index in [-0.39, 0.29) is 24.4 Å². The first-order valence-corrected chi connectivity index (χ1v) is 10.0. The van der Waals surface area contributed by atoms with Crippen LogP contribution in [-0.2, 0) is 9.53 Å². The molecule has 1 aliphatic heterocycles. The summed E-state index contributed by atoms with van der Waals surface area (Å²) in [5, 5.41) is 5.68. The summed E-state index contributed by atoms with van der Waals surface area (Å²) in [6.07, 6.45) is 0. The van der Waals surface area contributed by atoms with Gasteiger partial charge in [0.05, 0.1) is 25.8 Å². The molecular formula is C23H29N3O3. The Morgan fingerprint density at radius 1 is 1.00 bits per heavy atom. The number of hydrogen-bond acceptors (Lipinski definition) is 4. The van der Waals surface area contributed by atoms with E-state index in [1.807, 2.05) is 50.2 Å². The maximum atomic E-state index is 12.4. The van der Waals surface area contributed by atoms with Gasteiger partial charge in [-0.15, -0.1) is 0 Å². The van der Waals surface area contributed by atoms with Gasteiger partial charge >= 0.3 is 0 Å². The minimum absolute atomic E-state index is 0.0452. The monoisotopic (exact) mass is 395 g/mol. The number of amides is 2. The van der Waals surface area contributed by atoms with Gasteiger partial charge in [0.15, 0.2) is 0 Å². The molecule has 2 aromatic carbocycles. The van der Waals surface area contributed by atoms with E-state index in [9.17, 15) is 9.59 Å². The molecule has 0 saturated carbocycles. The molecular weight excluding hydrogens is 366 g/mol. The van der Waals surface area contributed by atoms with Gasteiger partial charge in [-0.3, -0.25) is 14.5 Å². The van der Waals surface area contributed by atoms with Gasteiger partial charge in [0.25, 0.3) is 5.91 Å². The maximum absolute atomic E-state index is 12.4. The van der Waals surface area contributed by atoms with Crippen LogP contribution in [0, 0.1) is 13.8 Å². The van der Waals surface area contributed by atoms with Crippen LogP contribution in [0.25, 0.3) is 0 Å². The van der Waals surface area contributed by atoms with E-state index in [0.717, 1.165) is 29.8 Å². The van der Waals surface area contributed by atoms with Crippen LogP contribution in [0.3, 0.4) is 0 Å². The predicted octanol–water partition coefficient (Wildman–Crippen LogP) is 2.22. The van der Waals surface area contributed by atoms with Crippen molar-refractivity contribution in [2.45, 2.75) is 19.9 Å². The average molecular weight is 396 g/mol. The standard InChI is InChI=1S/C23H29N3O3/c1-17-12-18(2)14-20(13-17)23(28)25-16-22(27)24-15-21(19-6-4-3-5-7-19)26-8-10-29-11-9-26/h3-7,12-14,21H,8-11,15-16H2,1-2H3,(H,24,27)(H,25,28). The molecule has 2 amide bonds. The van der Waals surface area contributed by atoms with Gasteiger partial charge in [0.2, 0.25) is 5.91 Å². The summed E-state index contributed by atoms with van der Waals surface area (Å²) >= 11 is 0. The fraction of sp³-hybridized carbons (Fsp3) is 0.391. The van der Waals surface area contributed by atoms with Crippen LogP contribution in [0.5, 0.6) is 0 Å². The normalized spacial score (nSPS) is 15.5. The number of rotatable bonds is 7. The van der Waals surface area contributed by atoms with Crippen LogP contribution >= 0.6 is 0 Å². The molecule has 1 aliphatic rings. The molecule has 2 aromatic rings. The number of carbonyl (C=O) groups excluding carboxylic acids is 2. The van der Waals surface area contributed by atoms with Crippen LogP contribution in [0.1, 0.15) is 33.1 Å². The SMILES string of the molecule is Cc1cc(C)cc(C(=O)NCC(=O)NCC(c2ccccc2)N2CCOCC2)c1. The number of hydrogen-bond donors (Lipinski definition) is 2. The van der Waals surface area contributed by atoms with Gasteiger partial charge in [-0.1, -0.05) is 47.5 Å². The van der Waals surface area contributed by atoms with Crippen molar-refractivity contribution in [2.24, 2.45) is 0 Å². The molecule has 0 aromatic heterocycles. The van der Waals surface area contributed by atoms with Crippen LogP contribution in [0.4, 0.5) is 0 Å². The van der Waals surface area contributed by atoms with E-state index in [0.29, 0.717) is 25.3 Å². The molecule has 1 unspecified atom stereocenters. The Morgan fingerprint density at radius 2 is 1.66 bits per heavy atom. The third-order valence-electron chi connectivity index (χ3n) is 5.06. The van der Waals surface area contributed by atoms with Crippen LogP contribution in [-0.4, -0.2) is 56.1 Å². The van der Waals surface area contributed by atoms with E-state index in [1.54, 1.807) is 0 Å². The number of benzene rings is 2. The van der Waals surface area contributed by atoms with Gasteiger partial charge in [-0.25, -0.2) is 0 Å². The van der Waals surface area contributed by atoms with E-state index in [1.165, 1.54) is 0 Å². The zero-order valence-electron chi connectivity index (χ0n) is 17.1. The highest BCUT2D eigenvalue weighted by molar-refractivity contribution is 5.96. The first kappa shape index (κ1) is 21.0. The first-order valence-electron chi connectivity index (χ1n) is 10.0. The average Bonchev–Trinajstić information content (AvgIpc) is 2.73. The van der Waals surface area contributed by atoms with Crippen molar-refractivity contribution in [3.8, 4) is 0 Å². The van der Waals surface area contributed by atoms with Crippen molar-refractivity contribution in [3.63, 3.8) is 0 Å². The largest absolute Gasteiger partial charge is 0.379 e. The summed E-state index contributed by atoms with van der Waals surface area (Å²) in [7, 11) is 0. The van der Waals surface area contributed by atoms with Crippen molar-refractivity contribution in [1.82, 2.24) is 15.5 Å².